The molecule has 0 saturated carbocycles. The molecule has 1 heterocycles. The average molecular weight is 457 g/mol. The molecule has 0 spiro atoms. The molecule has 0 radical (unpaired) electrons. The van der Waals surface area contributed by atoms with Crippen molar-refractivity contribution in [2.75, 3.05) is 33.4 Å². The fourth-order valence-electron chi connectivity index (χ4n) is 2.04. The van der Waals surface area contributed by atoms with E-state index < -0.39 is 0 Å². The second-order valence-electron chi connectivity index (χ2n) is 5.26. The fourth-order valence-corrected chi connectivity index (χ4v) is 3.06. The molecule has 6 nitrogen and oxygen atoms in total. The van der Waals surface area contributed by atoms with Crippen LogP contribution in [0.1, 0.15) is 20.4 Å². The third-order valence-corrected chi connectivity index (χ3v) is 4.68. The lowest BCUT2D eigenvalue weighted by atomic mass is 10.3. The molecule has 0 aliphatic rings. The normalized spacial score (nSPS) is 9.89. The molecule has 0 bridgehead atoms. The molecule has 1 amide bonds. The SMILES string of the molecule is COCCNCCNC(=O)c1sc(COc2ccc(Cl)cc2)nc1C.Cl.Cl. The third kappa shape index (κ3) is 9.10. The van der Waals surface area contributed by atoms with E-state index in [4.69, 9.17) is 21.1 Å². The number of halogens is 3. The van der Waals surface area contributed by atoms with Crippen molar-refractivity contribution in [3.05, 3.63) is 44.9 Å². The fraction of sp³-hybridized carbons (Fsp3) is 0.412. The van der Waals surface area contributed by atoms with Crippen LogP contribution in [0.5, 0.6) is 5.75 Å². The molecule has 2 aromatic rings. The maximum Gasteiger partial charge on any atom is 0.263 e. The first kappa shape index (κ1) is 25.9. The standard InChI is InChI=1S/C17H22ClN3O3S.2ClH/c1-12-16(17(22)20-8-7-19-9-10-23-2)25-15(21-12)11-24-14-5-3-13(18)4-6-14;;/h3-6,19H,7-11H2,1-2H3,(H,20,22);2*1H. The van der Waals surface area contributed by atoms with Crippen molar-refractivity contribution >= 4 is 53.7 Å². The van der Waals surface area contributed by atoms with Crippen molar-refractivity contribution < 1.29 is 14.3 Å². The highest BCUT2D eigenvalue weighted by atomic mass is 35.5. The Hall–Kier alpha value is -1.09. The molecule has 27 heavy (non-hydrogen) atoms. The Bertz CT molecular complexity index is 684. The van der Waals surface area contributed by atoms with Crippen LogP contribution in [0.3, 0.4) is 0 Å². The molecule has 10 heteroatoms. The lowest BCUT2D eigenvalue weighted by Gasteiger charge is -2.05. The predicted octanol–water partition coefficient (Wildman–Crippen LogP) is 3.49. The van der Waals surface area contributed by atoms with E-state index in [-0.39, 0.29) is 30.7 Å². The quantitative estimate of drug-likeness (QED) is 0.535. The minimum Gasteiger partial charge on any atom is -0.486 e. The highest BCUT2D eigenvalue weighted by molar-refractivity contribution is 7.13. The van der Waals surface area contributed by atoms with Gasteiger partial charge in [-0.2, -0.15) is 0 Å². The lowest BCUT2D eigenvalue weighted by molar-refractivity contribution is 0.0957. The van der Waals surface area contributed by atoms with Crippen LogP contribution in [0, 0.1) is 6.92 Å². The molecule has 0 atom stereocenters. The van der Waals surface area contributed by atoms with Gasteiger partial charge in [0.25, 0.3) is 5.91 Å². The Kier molecular flexibility index (Phi) is 13.4. The van der Waals surface area contributed by atoms with Crippen LogP contribution in [-0.2, 0) is 11.3 Å². The number of nitrogens with one attached hydrogen (secondary N) is 2. The summed E-state index contributed by atoms with van der Waals surface area (Å²) >= 11 is 7.19. The van der Waals surface area contributed by atoms with Crippen LogP contribution in [-0.4, -0.2) is 44.2 Å². The summed E-state index contributed by atoms with van der Waals surface area (Å²) in [6, 6.07) is 7.13. The van der Waals surface area contributed by atoms with Gasteiger partial charge in [-0.3, -0.25) is 4.79 Å². The van der Waals surface area contributed by atoms with E-state index in [0.29, 0.717) is 47.6 Å². The molecule has 2 rings (SSSR count). The van der Waals surface area contributed by atoms with Gasteiger partial charge >= 0.3 is 0 Å². The maximum absolute atomic E-state index is 12.2. The zero-order valence-corrected chi connectivity index (χ0v) is 18.3. The molecule has 0 aliphatic carbocycles. The number of thiazole rings is 1. The van der Waals surface area contributed by atoms with Crippen molar-refractivity contribution in [1.29, 1.82) is 0 Å². The van der Waals surface area contributed by atoms with Gasteiger partial charge < -0.3 is 20.1 Å². The molecule has 1 aromatic carbocycles. The van der Waals surface area contributed by atoms with Gasteiger partial charge in [0.05, 0.1) is 12.3 Å². The number of benzene rings is 1. The summed E-state index contributed by atoms with van der Waals surface area (Å²) in [5, 5.41) is 7.48. The van der Waals surface area contributed by atoms with Gasteiger partial charge in [0.2, 0.25) is 0 Å². The number of aromatic nitrogens is 1. The number of hydrogen-bond donors (Lipinski definition) is 2. The smallest absolute Gasteiger partial charge is 0.263 e. The van der Waals surface area contributed by atoms with Gasteiger partial charge in [-0.05, 0) is 31.2 Å². The van der Waals surface area contributed by atoms with Gasteiger partial charge in [0.15, 0.2) is 0 Å². The maximum atomic E-state index is 12.2. The molecule has 0 saturated heterocycles. The number of nitrogens with zero attached hydrogens (tertiary/aromatic N) is 1. The van der Waals surface area contributed by atoms with Gasteiger partial charge in [0, 0.05) is 31.8 Å². The predicted molar refractivity (Wildman–Crippen MR) is 114 cm³/mol. The number of aryl methyl sites for hydroxylation is 1. The first-order valence-electron chi connectivity index (χ1n) is 7.92. The van der Waals surface area contributed by atoms with Crippen LogP contribution in [0.2, 0.25) is 5.02 Å². The average Bonchev–Trinajstić information content (AvgIpc) is 2.98. The van der Waals surface area contributed by atoms with Gasteiger partial charge in [-0.1, -0.05) is 11.6 Å². The molecular weight excluding hydrogens is 433 g/mol. The van der Waals surface area contributed by atoms with E-state index in [1.54, 1.807) is 31.4 Å². The second kappa shape index (κ2) is 14.0. The van der Waals surface area contributed by atoms with E-state index >= 15 is 0 Å². The highest BCUT2D eigenvalue weighted by Gasteiger charge is 2.15. The van der Waals surface area contributed by atoms with E-state index in [0.717, 1.165) is 11.6 Å². The van der Waals surface area contributed by atoms with Crippen molar-refractivity contribution in [1.82, 2.24) is 15.6 Å². The first-order chi connectivity index (χ1) is 12.1. The largest absolute Gasteiger partial charge is 0.486 e. The number of amides is 1. The number of ether oxygens (including phenoxy) is 2. The molecule has 152 valence electrons. The molecule has 1 aromatic heterocycles. The van der Waals surface area contributed by atoms with E-state index in [9.17, 15) is 4.79 Å². The van der Waals surface area contributed by atoms with E-state index in [1.165, 1.54) is 11.3 Å². The molecule has 0 aliphatic heterocycles. The van der Waals surface area contributed by atoms with Gasteiger partial charge in [-0.15, -0.1) is 36.2 Å². The Morgan fingerprint density at radius 2 is 1.89 bits per heavy atom. The summed E-state index contributed by atoms with van der Waals surface area (Å²) in [5.74, 6) is 0.603. The van der Waals surface area contributed by atoms with Gasteiger partial charge in [-0.25, -0.2) is 4.98 Å². The van der Waals surface area contributed by atoms with Gasteiger partial charge in [0.1, 0.15) is 22.2 Å². The van der Waals surface area contributed by atoms with Crippen LogP contribution in [0.25, 0.3) is 0 Å². The number of rotatable bonds is 10. The number of carbonyl (C=O) groups is 1. The number of methoxy groups -OCH3 is 1. The lowest BCUT2D eigenvalue weighted by Crippen LogP contribution is -2.33. The Morgan fingerprint density at radius 1 is 1.19 bits per heavy atom. The number of hydrogen-bond acceptors (Lipinski definition) is 6. The molecule has 0 fully saturated rings. The summed E-state index contributed by atoms with van der Waals surface area (Å²) in [4.78, 5) is 17.3. The van der Waals surface area contributed by atoms with Crippen molar-refractivity contribution in [2.24, 2.45) is 0 Å². The summed E-state index contributed by atoms with van der Waals surface area (Å²) in [6.07, 6.45) is 0. The van der Waals surface area contributed by atoms with Crippen molar-refractivity contribution in [2.45, 2.75) is 13.5 Å². The second-order valence-corrected chi connectivity index (χ2v) is 6.78. The zero-order chi connectivity index (χ0) is 18.1. The minimum atomic E-state index is -0.110. The third-order valence-electron chi connectivity index (χ3n) is 3.29. The topological polar surface area (TPSA) is 72.5 Å². The van der Waals surface area contributed by atoms with Crippen LogP contribution in [0.15, 0.2) is 24.3 Å². The summed E-state index contributed by atoms with van der Waals surface area (Å²) in [5.41, 5.74) is 0.713. The summed E-state index contributed by atoms with van der Waals surface area (Å²) in [6.45, 7) is 4.81. The Morgan fingerprint density at radius 3 is 2.56 bits per heavy atom. The Balaban J connectivity index is 0.00000338. The van der Waals surface area contributed by atoms with Crippen LogP contribution >= 0.6 is 47.8 Å². The molecule has 2 N–H and O–H groups in total. The number of carbonyl (C=O) groups excluding carboxylic acids is 1. The van der Waals surface area contributed by atoms with Crippen LogP contribution in [0.4, 0.5) is 0 Å². The van der Waals surface area contributed by atoms with E-state index in [2.05, 4.69) is 15.6 Å². The van der Waals surface area contributed by atoms with Crippen molar-refractivity contribution in [3.63, 3.8) is 0 Å². The first-order valence-corrected chi connectivity index (χ1v) is 9.12. The Labute approximate surface area is 180 Å². The molecular formula is C17H24Cl3N3O3S. The molecule has 0 unspecified atom stereocenters. The minimum absolute atomic E-state index is 0. The van der Waals surface area contributed by atoms with Crippen LogP contribution < -0.4 is 15.4 Å². The summed E-state index contributed by atoms with van der Waals surface area (Å²) in [7, 11) is 1.66. The zero-order valence-electron chi connectivity index (χ0n) is 15.1. The monoisotopic (exact) mass is 455 g/mol. The van der Waals surface area contributed by atoms with Crippen molar-refractivity contribution in [3.8, 4) is 5.75 Å². The summed E-state index contributed by atoms with van der Waals surface area (Å²) < 4.78 is 10.6. The highest BCUT2D eigenvalue weighted by Crippen LogP contribution is 2.21. The van der Waals surface area contributed by atoms with E-state index in [1.807, 2.05) is 6.92 Å².